The van der Waals surface area contributed by atoms with E-state index in [0.717, 1.165) is 36.3 Å². The molecule has 0 aliphatic carbocycles. The molecule has 1 aromatic heterocycles. The molecule has 0 saturated carbocycles. The summed E-state index contributed by atoms with van der Waals surface area (Å²) in [5, 5.41) is 6.77. The number of H-pyrrole nitrogens is 1. The van der Waals surface area contributed by atoms with Gasteiger partial charge in [0.25, 0.3) is 0 Å². The van der Waals surface area contributed by atoms with Crippen LogP contribution in [0.1, 0.15) is 12.0 Å². The van der Waals surface area contributed by atoms with Crippen LogP contribution in [-0.2, 0) is 6.42 Å². The SMILES string of the molecule is S=c1cc(-c2cccc3c2OCCC3)cn[nH]1. The van der Waals surface area contributed by atoms with Gasteiger partial charge in [0.1, 0.15) is 10.4 Å². The standard InChI is InChI=1S/C13H12N2OS/c17-12-7-10(8-14-15-12)11-5-1-3-9-4-2-6-16-13(9)11/h1,3,5,7-8H,2,4,6H2,(H,15,17). The van der Waals surface area contributed by atoms with Gasteiger partial charge in [-0.2, -0.15) is 5.10 Å². The summed E-state index contributed by atoms with van der Waals surface area (Å²) in [7, 11) is 0. The molecule has 0 atom stereocenters. The van der Waals surface area contributed by atoms with Crippen molar-refractivity contribution in [1.29, 1.82) is 0 Å². The van der Waals surface area contributed by atoms with Crippen LogP contribution in [0.2, 0.25) is 0 Å². The number of aryl methyl sites for hydroxylation is 1. The first-order valence-electron chi connectivity index (χ1n) is 5.64. The summed E-state index contributed by atoms with van der Waals surface area (Å²) in [5.74, 6) is 0.987. The Morgan fingerprint density at radius 3 is 3.18 bits per heavy atom. The summed E-state index contributed by atoms with van der Waals surface area (Å²) in [4.78, 5) is 0. The molecule has 0 spiro atoms. The van der Waals surface area contributed by atoms with E-state index in [1.54, 1.807) is 6.20 Å². The van der Waals surface area contributed by atoms with Gasteiger partial charge in [-0.15, -0.1) is 0 Å². The molecule has 86 valence electrons. The van der Waals surface area contributed by atoms with Gasteiger partial charge in [-0.1, -0.05) is 30.4 Å². The van der Waals surface area contributed by atoms with Gasteiger partial charge in [0.15, 0.2) is 0 Å². The Balaban J connectivity index is 2.18. The van der Waals surface area contributed by atoms with Crippen molar-refractivity contribution >= 4 is 12.2 Å². The molecule has 2 aromatic rings. The van der Waals surface area contributed by atoms with Crippen molar-refractivity contribution in [3.8, 4) is 16.9 Å². The van der Waals surface area contributed by atoms with Crippen LogP contribution in [0.5, 0.6) is 5.75 Å². The second kappa shape index (κ2) is 4.30. The van der Waals surface area contributed by atoms with Crippen LogP contribution in [0.15, 0.2) is 30.5 Å². The first kappa shape index (κ1) is 10.5. The summed E-state index contributed by atoms with van der Waals surface area (Å²) in [6.07, 6.45) is 3.95. The number of nitrogens with one attached hydrogen (secondary N) is 1. The third-order valence-electron chi connectivity index (χ3n) is 2.91. The van der Waals surface area contributed by atoms with E-state index >= 15 is 0 Å². The maximum atomic E-state index is 5.78. The van der Waals surface area contributed by atoms with Crippen molar-refractivity contribution in [2.75, 3.05) is 6.61 Å². The molecule has 3 nitrogen and oxygen atoms in total. The van der Waals surface area contributed by atoms with Gasteiger partial charge in [0, 0.05) is 11.1 Å². The fourth-order valence-corrected chi connectivity index (χ4v) is 2.32. The zero-order valence-electron chi connectivity index (χ0n) is 9.27. The summed E-state index contributed by atoms with van der Waals surface area (Å²) in [6.45, 7) is 0.789. The van der Waals surface area contributed by atoms with Crippen LogP contribution in [0.25, 0.3) is 11.1 Å². The number of nitrogens with zero attached hydrogens (tertiary/aromatic N) is 1. The lowest BCUT2D eigenvalue weighted by Gasteiger charge is -2.20. The van der Waals surface area contributed by atoms with Gasteiger partial charge in [-0.3, -0.25) is 5.10 Å². The van der Waals surface area contributed by atoms with Crippen LogP contribution in [0, 0.1) is 4.64 Å². The molecule has 1 N–H and O–H groups in total. The van der Waals surface area contributed by atoms with E-state index in [2.05, 4.69) is 28.4 Å². The van der Waals surface area contributed by atoms with Crippen LogP contribution < -0.4 is 4.74 Å². The van der Waals surface area contributed by atoms with Gasteiger partial charge in [0.2, 0.25) is 0 Å². The molecule has 0 radical (unpaired) electrons. The van der Waals surface area contributed by atoms with E-state index in [9.17, 15) is 0 Å². The molecule has 4 heteroatoms. The van der Waals surface area contributed by atoms with Crippen molar-refractivity contribution in [3.63, 3.8) is 0 Å². The van der Waals surface area contributed by atoms with Gasteiger partial charge in [-0.05, 0) is 24.5 Å². The Hall–Kier alpha value is -1.68. The lowest BCUT2D eigenvalue weighted by atomic mass is 9.99. The number of aromatic amines is 1. The molecule has 2 heterocycles. The Morgan fingerprint density at radius 1 is 1.35 bits per heavy atom. The molecule has 1 aliphatic rings. The van der Waals surface area contributed by atoms with Crippen LogP contribution in [-0.4, -0.2) is 16.8 Å². The van der Waals surface area contributed by atoms with Gasteiger partial charge in [0.05, 0.1) is 12.8 Å². The number of hydrogen-bond donors (Lipinski definition) is 1. The Labute approximate surface area is 104 Å². The monoisotopic (exact) mass is 244 g/mol. The van der Waals surface area contributed by atoms with Crippen LogP contribution in [0.3, 0.4) is 0 Å². The van der Waals surface area contributed by atoms with Crippen molar-refractivity contribution in [2.45, 2.75) is 12.8 Å². The van der Waals surface area contributed by atoms with Crippen LogP contribution in [0.4, 0.5) is 0 Å². The number of aromatic nitrogens is 2. The fraction of sp³-hybridized carbons (Fsp3) is 0.231. The second-order valence-electron chi connectivity index (χ2n) is 4.08. The maximum absolute atomic E-state index is 5.78. The summed E-state index contributed by atoms with van der Waals surface area (Å²) in [5.41, 5.74) is 3.36. The minimum Gasteiger partial charge on any atom is -0.493 e. The lowest BCUT2D eigenvalue weighted by molar-refractivity contribution is 0.289. The highest BCUT2D eigenvalue weighted by Crippen LogP contribution is 2.35. The minimum absolute atomic E-state index is 0.635. The maximum Gasteiger partial charge on any atom is 0.130 e. The molecule has 0 amide bonds. The van der Waals surface area contributed by atoms with E-state index in [1.165, 1.54) is 5.56 Å². The zero-order chi connectivity index (χ0) is 11.7. The average Bonchev–Trinajstić information content (AvgIpc) is 2.38. The zero-order valence-corrected chi connectivity index (χ0v) is 10.1. The number of rotatable bonds is 1. The van der Waals surface area contributed by atoms with Crippen LogP contribution >= 0.6 is 12.2 Å². The van der Waals surface area contributed by atoms with E-state index in [1.807, 2.05) is 6.07 Å². The molecular weight excluding hydrogens is 232 g/mol. The quantitative estimate of drug-likeness (QED) is 0.783. The largest absolute Gasteiger partial charge is 0.493 e. The lowest BCUT2D eigenvalue weighted by Crippen LogP contribution is -2.09. The Bertz CT molecular complexity index is 606. The second-order valence-corrected chi connectivity index (χ2v) is 4.52. The van der Waals surface area contributed by atoms with Gasteiger partial charge >= 0.3 is 0 Å². The minimum atomic E-state index is 0.635. The van der Waals surface area contributed by atoms with Gasteiger partial charge in [-0.25, -0.2) is 0 Å². The van der Waals surface area contributed by atoms with E-state index in [-0.39, 0.29) is 0 Å². The molecule has 0 saturated heterocycles. The van der Waals surface area contributed by atoms with Crippen molar-refractivity contribution < 1.29 is 4.74 Å². The summed E-state index contributed by atoms with van der Waals surface area (Å²) in [6, 6.07) is 8.14. The Kier molecular flexibility index (Phi) is 2.65. The molecule has 0 unspecified atom stereocenters. The average molecular weight is 244 g/mol. The molecule has 0 fully saturated rings. The van der Waals surface area contributed by atoms with E-state index in [0.29, 0.717) is 4.64 Å². The third-order valence-corrected chi connectivity index (χ3v) is 3.12. The molecule has 17 heavy (non-hydrogen) atoms. The first-order valence-corrected chi connectivity index (χ1v) is 6.05. The first-order chi connectivity index (χ1) is 8.34. The highest BCUT2D eigenvalue weighted by atomic mass is 32.1. The molecule has 1 aromatic carbocycles. The smallest absolute Gasteiger partial charge is 0.130 e. The van der Waals surface area contributed by atoms with E-state index in [4.69, 9.17) is 17.0 Å². The van der Waals surface area contributed by atoms with Gasteiger partial charge < -0.3 is 4.74 Å². The van der Waals surface area contributed by atoms with Crippen molar-refractivity contribution in [3.05, 3.63) is 40.7 Å². The molecule has 3 rings (SSSR count). The number of ether oxygens (including phenoxy) is 1. The topological polar surface area (TPSA) is 37.9 Å². The highest BCUT2D eigenvalue weighted by molar-refractivity contribution is 7.71. The van der Waals surface area contributed by atoms with Crippen molar-refractivity contribution in [2.24, 2.45) is 0 Å². The number of fused-ring (bicyclic) bond motifs is 1. The Morgan fingerprint density at radius 2 is 2.29 bits per heavy atom. The third kappa shape index (κ3) is 1.96. The normalized spacial score (nSPS) is 13.9. The fourth-order valence-electron chi connectivity index (χ4n) is 2.14. The molecule has 0 bridgehead atoms. The number of hydrogen-bond acceptors (Lipinski definition) is 3. The molecular formula is C13H12N2OS. The number of benzene rings is 1. The predicted octanol–water partition coefficient (Wildman–Crippen LogP) is 3.13. The number of para-hydroxylation sites is 1. The highest BCUT2D eigenvalue weighted by Gasteiger charge is 2.15. The summed E-state index contributed by atoms with van der Waals surface area (Å²) < 4.78 is 6.41. The molecule has 1 aliphatic heterocycles. The predicted molar refractivity (Wildman–Crippen MR) is 68.7 cm³/mol. The summed E-state index contributed by atoms with van der Waals surface area (Å²) >= 11 is 5.10. The van der Waals surface area contributed by atoms with Crippen molar-refractivity contribution in [1.82, 2.24) is 10.2 Å². The van der Waals surface area contributed by atoms with E-state index < -0.39 is 0 Å².